The van der Waals surface area contributed by atoms with Crippen molar-refractivity contribution in [2.75, 3.05) is 0 Å². The van der Waals surface area contributed by atoms with Gasteiger partial charge in [0.15, 0.2) is 0 Å². The van der Waals surface area contributed by atoms with Crippen LogP contribution in [0.2, 0.25) is 0 Å². The van der Waals surface area contributed by atoms with Gasteiger partial charge in [0.25, 0.3) is 0 Å². The van der Waals surface area contributed by atoms with Gasteiger partial charge in [0.2, 0.25) is 0 Å². The molecule has 8 heteroatoms. The molecule has 0 radical (unpaired) electrons. The molecule has 0 saturated heterocycles. The molecule has 0 saturated carbocycles. The number of halogens is 1. The Hall–Kier alpha value is 2.44. The van der Waals surface area contributed by atoms with Crippen LogP contribution in [0, 0.1) is 0 Å². The van der Waals surface area contributed by atoms with E-state index < -0.39 is 7.82 Å². The van der Waals surface area contributed by atoms with Crippen LogP contribution in [0.1, 0.15) is 0 Å². The Morgan fingerprint density at radius 1 is 1.50 bits per heavy atom. The number of hydrogen-bond acceptors (Lipinski definition) is 3. The zero-order chi connectivity index (χ0) is 7.21. The van der Waals surface area contributed by atoms with E-state index in [0.717, 1.165) is 42.7 Å². The van der Waals surface area contributed by atoms with Gasteiger partial charge in [0, 0.05) is 0 Å². The van der Waals surface area contributed by atoms with Crippen molar-refractivity contribution in [3.05, 3.63) is 0 Å². The van der Waals surface area contributed by atoms with Crippen LogP contribution in [-0.4, -0.2) is 57.8 Å². The van der Waals surface area contributed by atoms with Crippen LogP contribution in [0.4, 0.5) is 0 Å². The zero-order valence-electron chi connectivity index (χ0n) is 3.98. The standard InChI is InChI=1S/HI.K.H3O5P/c;;1-5-6(2,3)4/h1H;;1H,(H2,2,3,4)/q;+1;/p-1. The fourth-order valence-corrected chi connectivity index (χ4v) is 0. The van der Waals surface area contributed by atoms with Crippen molar-refractivity contribution < 1.29 is 24.3 Å². The fraction of sp³-hybridized carbons (Fsp3) is 0. The summed E-state index contributed by atoms with van der Waals surface area (Å²) in [4.78, 5) is 14.9. The predicted octanol–water partition coefficient (Wildman–Crippen LogP) is 0.0736. The van der Waals surface area contributed by atoms with Crippen LogP contribution < -0.4 is 0 Å². The Balaban J connectivity index is 0. The summed E-state index contributed by atoms with van der Waals surface area (Å²) >= 11 is 3.37. The van der Waals surface area contributed by atoms with Gasteiger partial charge < -0.3 is 9.79 Å². The van der Waals surface area contributed by atoms with E-state index in [1.165, 1.54) is 0 Å². The Bertz CT molecular complexity index is 76.5. The quantitative estimate of drug-likeness (QED) is 0.208. The van der Waals surface area contributed by atoms with E-state index in [9.17, 15) is 4.57 Å². The van der Waals surface area contributed by atoms with E-state index >= 15 is 0 Å². The monoisotopic (exact) mass is 280 g/mol. The maximum atomic E-state index is 9.22. The Morgan fingerprint density at radius 2 is 1.62 bits per heavy atom. The molecule has 0 aromatic carbocycles. The predicted molar refractivity (Wildman–Crippen MR) is 35.5 cm³/mol. The second-order valence-electron chi connectivity index (χ2n) is 0.572. The molecule has 0 bridgehead atoms. The van der Waals surface area contributed by atoms with Crippen LogP contribution in [0.25, 0.3) is 0 Å². The summed E-state index contributed by atoms with van der Waals surface area (Å²) in [6.07, 6.45) is 0. The summed E-state index contributed by atoms with van der Waals surface area (Å²) in [7, 11) is -4.59. The summed E-state index contributed by atoms with van der Waals surface area (Å²) in [5.41, 5.74) is 0. The van der Waals surface area contributed by atoms with Gasteiger partial charge >= 0.3 is 61.8 Å². The van der Waals surface area contributed by atoms with Crippen LogP contribution in [0.5, 0.6) is 0 Å². The van der Waals surface area contributed by atoms with Gasteiger partial charge in [-0.3, -0.25) is 0 Å². The summed E-state index contributed by atoms with van der Waals surface area (Å²) in [5.74, 6) is 0. The Morgan fingerprint density at radius 3 is 1.62 bits per heavy atom. The molecule has 0 heterocycles. The molecule has 0 aliphatic heterocycles. The van der Waals surface area contributed by atoms with E-state index in [4.69, 9.17) is 15.0 Å². The van der Waals surface area contributed by atoms with Crippen molar-refractivity contribution in [2.24, 2.45) is 0 Å². The van der Waals surface area contributed by atoms with Crippen molar-refractivity contribution in [2.45, 2.75) is 0 Å². The molecule has 0 rings (SSSR count). The molecule has 0 unspecified atom stereocenters. The Labute approximate surface area is 84.0 Å². The third kappa shape index (κ3) is 15.8. The van der Waals surface area contributed by atoms with Crippen LogP contribution >= 0.6 is 19.1 Å². The van der Waals surface area contributed by atoms with Crippen molar-refractivity contribution >= 4 is 61.8 Å². The minimum absolute atomic E-state index is 1.03. The molecule has 0 aliphatic carbocycles. The molecule has 5 nitrogen and oxygen atoms in total. The van der Waals surface area contributed by atoms with E-state index in [1.807, 2.05) is 0 Å². The third-order valence-corrected chi connectivity index (χ3v) is 0.319. The van der Waals surface area contributed by atoms with Gasteiger partial charge in [0.1, 0.15) is 0 Å². The molecule has 0 atom stereocenters. The van der Waals surface area contributed by atoms with Gasteiger partial charge in [-0.1, -0.05) is 0 Å². The third-order valence-electron chi connectivity index (χ3n) is 0.106. The minimum atomic E-state index is -4.59. The summed E-state index contributed by atoms with van der Waals surface area (Å²) in [6.45, 7) is 0. The van der Waals surface area contributed by atoms with Gasteiger partial charge in [-0.15, -0.1) is 4.67 Å². The van der Waals surface area contributed by atoms with Crippen molar-refractivity contribution in [3.63, 3.8) is 0 Å². The first-order valence-corrected chi connectivity index (χ1v) is 12.9. The first kappa shape index (κ1) is 13.1. The average Bonchev–Trinajstić information content (AvgIpc) is 1.71. The van der Waals surface area contributed by atoms with Gasteiger partial charge in [-0.25, -0.2) is 9.82 Å². The van der Waals surface area contributed by atoms with Crippen LogP contribution in [-0.2, 0) is 9.24 Å². The summed E-state index contributed by atoms with van der Waals surface area (Å²) in [6, 6.07) is 0. The van der Waals surface area contributed by atoms with Crippen LogP contribution in [0.15, 0.2) is 0 Å². The number of phosphoric acid groups is 1. The first-order valence-electron chi connectivity index (χ1n) is 1.33. The molecule has 0 spiro atoms. The van der Waals surface area contributed by atoms with E-state index in [1.54, 1.807) is 0 Å². The molecule has 46 valence electrons. The molecular formula is H3IKO5P. The van der Waals surface area contributed by atoms with E-state index in [2.05, 4.69) is 15.9 Å². The van der Waals surface area contributed by atoms with Crippen LogP contribution in [0.3, 0.4) is 0 Å². The topological polar surface area (TPSA) is 87.0 Å². The summed E-state index contributed by atoms with van der Waals surface area (Å²) in [5, 5.41) is 7.14. The SMILES string of the molecule is O=P(O)(O)OO.[K][I]. The van der Waals surface area contributed by atoms with Gasteiger partial charge in [-0.2, -0.15) is 0 Å². The molecule has 0 aromatic heterocycles. The fourth-order valence-electron chi connectivity index (χ4n) is 0. The molecule has 0 aliphatic rings. The van der Waals surface area contributed by atoms with Gasteiger partial charge in [-0.05, 0) is 0 Å². The maximum absolute atomic E-state index is 9.22. The molecular weight excluding hydrogens is 277 g/mol. The average molecular weight is 280 g/mol. The molecule has 3 N–H and O–H groups in total. The van der Waals surface area contributed by atoms with Gasteiger partial charge in [0.05, 0.1) is 0 Å². The summed E-state index contributed by atoms with van der Waals surface area (Å²) < 4.78 is 11.8. The number of hydrogen-bond donors (Lipinski definition) is 3. The Kier molecular flexibility index (Phi) is 12.3. The van der Waals surface area contributed by atoms with Crippen molar-refractivity contribution in [1.29, 1.82) is 0 Å². The van der Waals surface area contributed by atoms with Crippen molar-refractivity contribution in [3.8, 4) is 0 Å². The number of rotatable bonds is 1. The van der Waals surface area contributed by atoms with E-state index in [-0.39, 0.29) is 0 Å². The normalized spacial score (nSPS) is 9.75. The van der Waals surface area contributed by atoms with Crippen molar-refractivity contribution in [1.82, 2.24) is 0 Å². The second-order valence-corrected chi connectivity index (χ2v) is 1.72. The molecule has 0 amide bonds. The van der Waals surface area contributed by atoms with E-state index in [0.29, 0.717) is 0 Å². The first-order chi connectivity index (χ1) is 3.56. The second kappa shape index (κ2) is 7.54. The zero-order valence-corrected chi connectivity index (χ0v) is 10.2. The molecule has 0 aromatic rings. The molecule has 0 fully saturated rings. The molecule has 8 heavy (non-hydrogen) atoms.